The van der Waals surface area contributed by atoms with Crippen LogP contribution >= 0.6 is 0 Å². The lowest BCUT2D eigenvalue weighted by atomic mass is 9.89. The molecule has 2 aromatic rings. The molecular weight excluding hydrogens is 340 g/mol. The molecular formula is C21H24N4O2. The Balaban J connectivity index is 1.57. The predicted molar refractivity (Wildman–Crippen MR) is 107 cm³/mol. The zero-order chi connectivity index (χ0) is 18.8. The number of nitrogens with zero attached hydrogens (tertiary/aromatic N) is 2. The van der Waals surface area contributed by atoms with E-state index in [-0.39, 0.29) is 18.2 Å². The van der Waals surface area contributed by atoms with Gasteiger partial charge in [0, 0.05) is 38.3 Å². The van der Waals surface area contributed by atoms with Crippen LogP contribution in [-0.2, 0) is 9.59 Å². The number of carbonyl (C=O) groups excluding carboxylic acids is 2. The van der Waals surface area contributed by atoms with Gasteiger partial charge in [-0.3, -0.25) is 9.59 Å². The molecule has 2 amide bonds. The third-order valence-electron chi connectivity index (χ3n) is 5.32. The Hall–Kier alpha value is -2.86. The van der Waals surface area contributed by atoms with Gasteiger partial charge in [0.1, 0.15) is 0 Å². The van der Waals surface area contributed by atoms with Crippen LogP contribution < -0.4 is 15.5 Å². The van der Waals surface area contributed by atoms with Crippen molar-refractivity contribution in [1.29, 1.82) is 0 Å². The van der Waals surface area contributed by atoms with Crippen LogP contribution in [0.4, 0.5) is 17.1 Å². The van der Waals surface area contributed by atoms with Crippen molar-refractivity contribution in [1.82, 2.24) is 4.90 Å². The number of likely N-dealkylation sites (N-methyl/N-ethyl adjacent to an activating group) is 1. The van der Waals surface area contributed by atoms with E-state index in [1.54, 1.807) is 0 Å². The van der Waals surface area contributed by atoms with Crippen molar-refractivity contribution in [2.24, 2.45) is 0 Å². The number of hydrogen-bond donors (Lipinski definition) is 2. The molecule has 2 aliphatic heterocycles. The Labute approximate surface area is 159 Å². The highest BCUT2D eigenvalue weighted by molar-refractivity contribution is 6.06. The van der Waals surface area contributed by atoms with Crippen LogP contribution in [0.5, 0.6) is 0 Å². The number of anilines is 3. The lowest BCUT2D eigenvalue weighted by molar-refractivity contribution is -0.123. The van der Waals surface area contributed by atoms with E-state index < -0.39 is 5.92 Å². The molecule has 1 unspecified atom stereocenters. The highest BCUT2D eigenvalue weighted by Crippen LogP contribution is 2.34. The van der Waals surface area contributed by atoms with E-state index in [4.69, 9.17) is 0 Å². The first-order valence-electron chi connectivity index (χ1n) is 9.34. The fourth-order valence-corrected chi connectivity index (χ4v) is 3.77. The van der Waals surface area contributed by atoms with Crippen molar-refractivity contribution in [2.75, 3.05) is 48.8 Å². The molecule has 6 heteroatoms. The summed E-state index contributed by atoms with van der Waals surface area (Å²) in [5.41, 5.74) is 3.43. The summed E-state index contributed by atoms with van der Waals surface area (Å²) in [6, 6.07) is 15.4. The van der Waals surface area contributed by atoms with Crippen LogP contribution in [0, 0.1) is 0 Å². The number of para-hydroxylation sites is 3. The Morgan fingerprint density at radius 1 is 1.04 bits per heavy atom. The molecule has 0 bridgehead atoms. The maximum atomic E-state index is 13.0. The van der Waals surface area contributed by atoms with Gasteiger partial charge in [0.25, 0.3) is 0 Å². The molecule has 2 aliphatic rings. The third-order valence-corrected chi connectivity index (χ3v) is 5.32. The van der Waals surface area contributed by atoms with Crippen molar-refractivity contribution < 1.29 is 9.59 Å². The van der Waals surface area contributed by atoms with Crippen LogP contribution in [-0.4, -0.2) is 49.9 Å². The quantitative estimate of drug-likeness (QED) is 0.878. The van der Waals surface area contributed by atoms with Gasteiger partial charge in [-0.15, -0.1) is 0 Å². The van der Waals surface area contributed by atoms with E-state index in [0.717, 1.165) is 48.8 Å². The minimum Gasteiger partial charge on any atom is -0.367 e. The van der Waals surface area contributed by atoms with E-state index in [0.29, 0.717) is 0 Å². The molecule has 1 fully saturated rings. The molecule has 140 valence electrons. The third kappa shape index (κ3) is 3.66. The van der Waals surface area contributed by atoms with Gasteiger partial charge < -0.3 is 20.4 Å². The molecule has 2 N–H and O–H groups in total. The molecule has 0 spiro atoms. The monoisotopic (exact) mass is 364 g/mol. The first kappa shape index (κ1) is 17.5. The lowest BCUT2D eigenvalue weighted by Crippen LogP contribution is -2.44. The van der Waals surface area contributed by atoms with Crippen molar-refractivity contribution in [3.8, 4) is 0 Å². The van der Waals surface area contributed by atoms with E-state index in [1.165, 1.54) is 0 Å². The summed E-state index contributed by atoms with van der Waals surface area (Å²) in [7, 11) is 2.12. The van der Waals surface area contributed by atoms with Gasteiger partial charge in [-0.05, 0) is 30.8 Å². The van der Waals surface area contributed by atoms with Gasteiger partial charge in [-0.25, -0.2) is 0 Å². The average Bonchev–Trinajstić information content (AvgIpc) is 2.68. The number of nitrogens with one attached hydrogen (secondary N) is 2. The topological polar surface area (TPSA) is 64.7 Å². The molecule has 27 heavy (non-hydrogen) atoms. The second kappa shape index (κ2) is 7.40. The highest BCUT2D eigenvalue weighted by atomic mass is 16.2. The van der Waals surface area contributed by atoms with Gasteiger partial charge in [-0.2, -0.15) is 0 Å². The summed E-state index contributed by atoms with van der Waals surface area (Å²) in [6.07, 6.45) is 0.166. The number of fused-ring (bicyclic) bond motifs is 1. The first-order chi connectivity index (χ1) is 13.1. The molecule has 2 aromatic carbocycles. The van der Waals surface area contributed by atoms with E-state index in [1.807, 2.05) is 48.5 Å². The normalized spacial score (nSPS) is 20.0. The fourth-order valence-electron chi connectivity index (χ4n) is 3.77. The zero-order valence-corrected chi connectivity index (χ0v) is 15.4. The summed E-state index contributed by atoms with van der Waals surface area (Å²) in [5, 5.41) is 5.92. The Bertz CT molecular complexity index is 859. The van der Waals surface area contributed by atoms with Crippen LogP contribution in [0.1, 0.15) is 17.9 Å². The molecule has 0 radical (unpaired) electrons. The van der Waals surface area contributed by atoms with E-state index >= 15 is 0 Å². The summed E-state index contributed by atoms with van der Waals surface area (Å²) in [6.45, 7) is 3.85. The molecule has 0 aliphatic carbocycles. The molecule has 2 heterocycles. The smallest absolute Gasteiger partial charge is 0.232 e. The van der Waals surface area contributed by atoms with Crippen molar-refractivity contribution >= 4 is 28.9 Å². The summed E-state index contributed by atoms with van der Waals surface area (Å²) < 4.78 is 0. The number of amides is 2. The predicted octanol–water partition coefficient (Wildman–Crippen LogP) is 2.50. The van der Waals surface area contributed by atoms with Crippen LogP contribution in [0.15, 0.2) is 48.5 Å². The minimum absolute atomic E-state index is 0.124. The van der Waals surface area contributed by atoms with Crippen molar-refractivity contribution in [2.45, 2.75) is 12.3 Å². The van der Waals surface area contributed by atoms with Gasteiger partial charge in [0.2, 0.25) is 11.8 Å². The first-order valence-corrected chi connectivity index (χ1v) is 9.34. The van der Waals surface area contributed by atoms with Gasteiger partial charge in [0.15, 0.2) is 0 Å². The summed E-state index contributed by atoms with van der Waals surface area (Å²) in [4.78, 5) is 29.7. The maximum absolute atomic E-state index is 13.0. The van der Waals surface area contributed by atoms with Crippen molar-refractivity contribution in [3.63, 3.8) is 0 Å². The number of hydrogen-bond acceptors (Lipinski definition) is 4. The maximum Gasteiger partial charge on any atom is 0.232 e. The number of rotatable bonds is 3. The zero-order valence-electron chi connectivity index (χ0n) is 15.4. The van der Waals surface area contributed by atoms with Crippen LogP contribution in [0.2, 0.25) is 0 Å². The second-order valence-corrected chi connectivity index (χ2v) is 7.19. The number of benzene rings is 2. The van der Waals surface area contributed by atoms with Gasteiger partial charge in [-0.1, -0.05) is 30.3 Å². The largest absolute Gasteiger partial charge is 0.367 e. The van der Waals surface area contributed by atoms with Crippen LogP contribution in [0.25, 0.3) is 0 Å². The Morgan fingerprint density at radius 3 is 2.56 bits per heavy atom. The highest BCUT2D eigenvalue weighted by Gasteiger charge is 2.31. The Kier molecular flexibility index (Phi) is 4.81. The van der Waals surface area contributed by atoms with Gasteiger partial charge >= 0.3 is 0 Å². The summed E-state index contributed by atoms with van der Waals surface area (Å²) >= 11 is 0. The number of carbonyl (C=O) groups is 2. The Morgan fingerprint density at radius 2 is 1.74 bits per heavy atom. The number of piperazine rings is 1. The van der Waals surface area contributed by atoms with Crippen LogP contribution in [0.3, 0.4) is 0 Å². The molecule has 0 aromatic heterocycles. The van der Waals surface area contributed by atoms with E-state index in [9.17, 15) is 9.59 Å². The summed E-state index contributed by atoms with van der Waals surface area (Å²) in [5.74, 6) is -0.740. The molecule has 1 atom stereocenters. The SMILES string of the molecule is CN1CCN(c2ccccc2NC(=O)C2CC(=O)Nc3ccccc32)CC1. The second-order valence-electron chi connectivity index (χ2n) is 7.19. The standard InChI is InChI=1S/C21H24N4O2/c1-24-10-12-25(13-11-24)19-9-5-4-8-18(19)23-21(27)16-14-20(26)22-17-7-3-2-6-15(16)17/h2-9,16H,10-14H2,1H3,(H,22,26)(H,23,27). The van der Waals surface area contributed by atoms with Gasteiger partial charge in [0.05, 0.1) is 17.3 Å². The average molecular weight is 364 g/mol. The minimum atomic E-state index is -0.476. The molecule has 1 saturated heterocycles. The fraction of sp³-hybridized carbons (Fsp3) is 0.333. The van der Waals surface area contributed by atoms with E-state index in [2.05, 4.69) is 27.5 Å². The van der Waals surface area contributed by atoms with Crippen molar-refractivity contribution in [3.05, 3.63) is 54.1 Å². The molecule has 0 saturated carbocycles. The molecule has 6 nitrogen and oxygen atoms in total. The molecule has 4 rings (SSSR count). The lowest BCUT2D eigenvalue weighted by Gasteiger charge is -2.35.